The van der Waals surface area contributed by atoms with Crippen molar-refractivity contribution in [2.75, 3.05) is 5.32 Å². The molecular formula is C17H15Cl3IN5O. The number of rotatable bonds is 6. The van der Waals surface area contributed by atoms with E-state index in [9.17, 15) is 4.79 Å². The lowest BCUT2D eigenvalue weighted by Crippen LogP contribution is -2.16. The van der Waals surface area contributed by atoms with Crippen LogP contribution >= 0.6 is 57.4 Å². The SMILES string of the molecule is Cc1c(I)cnn1CCC(=O)Nc1nn(Cc2ccc(Cl)cc2Cl)cc1Cl. The Hall–Kier alpha value is -1.29. The zero-order valence-electron chi connectivity index (χ0n) is 14.2. The van der Waals surface area contributed by atoms with Crippen LogP contribution in [0.1, 0.15) is 17.7 Å². The van der Waals surface area contributed by atoms with Gasteiger partial charge in [0.1, 0.15) is 5.02 Å². The van der Waals surface area contributed by atoms with E-state index in [0.717, 1.165) is 14.8 Å². The molecule has 0 saturated carbocycles. The Morgan fingerprint density at radius 3 is 2.70 bits per heavy atom. The van der Waals surface area contributed by atoms with Gasteiger partial charge in [-0.25, -0.2) is 0 Å². The van der Waals surface area contributed by atoms with E-state index in [0.29, 0.717) is 34.0 Å². The first kappa shape index (κ1) is 20.4. The summed E-state index contributed by atoms with van der Waals surface area (Å²) in [6.45, 7) is 2.86. The van der Waals surface area contributed by atoms with E-state index in [1.807, 2.05) is 13.0 Å². The van der Waals surface area contributed by atoms with Crippen LogP contribution in [0, 0.1) is 10.5 Å². The molecule has 0 saturated heterocycles. The van der Waals surface area contributed by atoms with Gasteiger partial charge < -0.3 is 5.32 Å². The van der Waals surface area contributed by atoms with Gasteiger partial charge in [-0.1, -0.05) is 40.9 Å². The van der Waals surface area contributed by atoms with Crippen molar-refractivity contribution in [2.45, 2.75) is 26.4 Å². The molecule has 10 heteroatoms. The predicted molar refractivity (Wildman–Crippen MR) is 116 cm³/mol. The van der Waals surface area contributed by atoms with E-state index in [4.69, 9.17) is 34.8 Å². The molecule has 1 N–H and O–H groups in total. The summed E-state index contributed by atoms with van der Waals surface area (Å²) in [6.07, 6.45) is 3.68. The summed E-state index contributed by atoms with van der Waals surface area (Å²) in [5.41, 5.74) is 1.88. The van der Waals surface area contributed by atoms with Gasteiger partial charge in [-0.05, 0) is 47.2 Å². The minimum Gasteiger partial charge on any atom is -0.308 e. The van der Waals surface area contributed by atoms with Gasteiger partial charge in [0, 0.05) is 28.4 Å². The molecule has 0 atom stereocenters. The maximum atomic E-state index is 12.2. The lowest BCUT2D eigenvalue weighted by Gasteiger charge is -2.06. The molecule has 0 aliphatic heterocycles. The van der Waals surface area contributed by atoms with Crippen LogP contribution in [0.2, 0.25) is 15.1 Å². The number of anilines is 1. The van der Waals surface area contributed by atoms with E-state index in [1.165, 1.54) is 0 Å². The minimum absolute atomic E-state index is 0.184. The summed E-state index contributed by atoms with van der Waals surface area (Å²) in [7, 11) is 0. The zero-order valence-corrected chi connectivity index (χ0v) is 18.6. The second kappa shape index (κ2) is 8.81. The zero-order chi connectivity index (χ0) is 19.6. The first-order valence-electron chi connectivity index (χ1n) is 7.98. The van der Waals surface area contributed by atoms with Crippen molar-refractivity contribution < 1.29 is 4.79 Å². The number of hydrogen-bond donors (Lipinski definition) is 1. The molecule has 0 bridgehead atoms. The van der Waals surface area contributed by atoms with Crippen LogP contribution in [0.25, 0.3) is 0 Å². The van der Waals surface area contributed by atoms with E-state index in [2.05, 4.69) is 38.1 Å². The fourth-order valence-electron chi connectivity index (χ4n) is 2.44. The highest BCUT2D eigenvalue weighted by molar-refractivity contribution is 14.1. The van der Waals surface area contributed by atoms with Crippen LogP contribution in [0.5, 0.6) is 0 Å². The first-order chi connectivity index (χ1) is 12.8. The number of amides is 1. The molecule has 0 spiro atoms. The van der Waals surface area contributed by atoms with Gasteiger partial charge >= 0.3 is 0 Å². The fraction of sp³-hybridized carbons (Fsp3) is 0.235. The maximum Gasteiger partial charge on any atom is 0.227 e. The van der Waals surface area contributed by atoms with E-state index in [1.54, 1.807) is 33.9 Å². The highest BCUT2D eigenvalue weighted by atomic mass is 127. The van der Waals surface area contributed by atoms with Crippen molar-refractivity contribution in [3.05, 3.63) is 60.5 Å². The third-order valence-electron chi connectivity index (χ3n) is 3.92. The Balaban J connectivity index is 1.62. The predicted octanol–water partition coefficient (Wildman–Crippen LogP) is 5.03. The number of carbonyl (C=O) groups excluding carboxylic acids is 1. The standard InChI is InChI=1S/C17H15Cl3IN5O/c1-10-15(21)7-22-26(10)5-4-16(27)23-17-14(20)9-25(24-17)8-11-2-3-12(18)6-13(11)19/h2-3,6-7,9H,4-5,8H2,1H3,(H,23,24,27). The average molecular weight is 539 g/mol. The number of nitrogens with zero attached hydrogens (tertiary/aromatic N) is 4. The highest BCUT2D eigenvalue weighted by Crippen LogP contribution is 2.24. The molecule has 0 aliphatic carbocycles. The Morgan fingerprint density at radius 2 is 2.04 bits per heavy atom. The van der Waals surface area contributed by atoms with Crippen LogP contribution < -0.4 is 5.32 Å². The van der Waals surface area contributed by atoms with Crippen LogP contribution in [0.15, 0.2) is 30.6 Å². The summed E-state index contributed by atoms with van der Waals surface area (Å²) >= 11 is 20.5. The van der Waals surface area contributed by atoms with Crippen molar-refractivity contribution in [3.63, 3.8) is 0 Å². The molecule has 1 aromatic carbocycles. The van der Waals surface area contributed by atoms with Crippen molar-refractivity contribution in [1.29, 1.82) is 0 Å². The van der Waals surface area contributed by atoms with Crippen molar-refractivity contribution in [2.24, 2.45) is 0 Å². The number of halogens is 4. The molecule has 2 aromatic heterocycles. The van der Waals surface area contributed by atoms with E-state index < -0.39 is 0 Å². The molecule has 3 aromatic rings. The lowest BCUT2D eigenvalue weighted by atomic mass is 10.2. The summed E-state index contributed by atoms with van der Waals surface area (Å²) in [5.74, 6) is 0.134. The quantitative estimate of drug-likeness (QED) is 0.448. The molecule has 1 amide bonds. The molecule has 6 nitrogen and oxygen atoms in total. The van der Waals surface area contributed by atoms with Crippen LogP contribution in [-0.2, 0) is 17.9 Å². The molecule has 0 fully saturated rings. The van der Waals surface area contributed by atoms with E-state index in [-0.39, 0.29) is 12.3 Å². The highest BCUT2D eigenvalue weighted by Gasteiger charge is 2.13. The number of aromatic nitrogens is 4. The third-order valence-corrected chi connectivity index (χ3v) is 5.84. The number of carbonyl (C=O) groups is 1. The number of hydrogen-bond acceptors (Lipinski definition) is 3. The number of aryl methyl sites for hydroxylation is 1. The van der Waals surface area contributed by atoms with Gasteiger partial charge in [0.2, 0.25) is 5.91 Å². The summed E-state index contributed by atoms with van der Waals surface area (Å²) in [6, 6.07) is 5.26. The van der Waals surface area contributed by atoms with Gasteiger partial charge in [0.25, 0.3) is 0 Å². The van der Waals surface area contributed by atoms with Gasteiger partial charge in [-0.15, -0.1) is 0 Å². The van der Waals surface area contributed by atoms with Gasteiger partial charge in [-0.3, -0.25) is 14.2 Å². The smallest absolute Gasteiger partial charge is 0.227 e. The Kier molecular flexibility index (Phi) is 6.67. The number of nitrogens with one attached hydrogen (secondary N) is 1. The topological polar surface area (TPSA) is 64.7 Å². The second-order valence-corrected chi connectivity index (χ2v) is 8.27. The van der Waals surface area contributed by atoms with Gasteiger partial charge in [0.05, 0.1) is 22.9 Å². The molecular weight excluding hydrogens is 523 g/mol. The molecule has 27 heavy (non-hydrogen) atoms. The van der Waals surface area contributed by atoms with Gasteiger partial charge in [-0.2, -0.15) is 10.2 Å². The van der Waals surface area contributed by atoms with Crippen LogP contribution in [-0.4, -0.2) is 25.5 Å². The lowest BCUT2D eigenvalue weighted by molar-refractivity contribution is -0.116. The normalized spacial score (nSPS) is 11.0. The molecule has 0 unspecified atom stereocenters. The molecule has 142 valence electrons. The van der Waals surface area contributed by atoms with E-state index >= 15 is 0 Å². The van der Waals surface area contributed by atoms with Crippen molar-refractivity contribution in [1.82, 2.24) is 19.6 Å². The molecule has 0 aliphatic rings. The second-order valence-electron chi connectivity index (χ2n) is 5.86. The summed E-state index contributed by atoms with van der Waals surface area (Å²) in [4.78, 5) is 12.2. The maximum absolute atomic E-state index is 12.2. The van der Waals surface area contributed by atoms with Crippen molar-refractivity contribution in [3.8, 4) is 0 Å². The molecule has 2 heterocycles. The average Bonchev–Trinajstić information content (AvgIpc) is 3.11. The Labute approximate surface area is 184 Å². The first-order valence-corrected chi connectivity index (χ1v) is 10.2. The number of benzene rings is 1. The van der Waals surface area contributed by atoms with Crippen LogP contribution in [0.4, 0.5) is 5.82 Å². The van der Waals surface area contributed by atoms with Gasteiger partial charge in [0.15, 0.2) is 5.82 Å². The Bertz CT molecular complexity index is 985. The molecule has 3 rings (SSSR count). The van der Waals surface area contributed by atoms with Crippen molar-refractivity contribution >= 4 is 69.1 Å². The minimum atomic E-state index is -0.184. The monoisotopic (exact) mass is 537 g/mol. The third kappa shape index (κ3) is 5.16. The largest absolute Gasteiger partial charge is 0.308 e. The van der Waals surface area contributed by atoms with Crippen LogP contribution in [0.3, 0.4) is 0 Å². The Morgan fingerprint density at radius 1 is 1.26 bits per heavy atom. The summed E-state index contributed by atoms with van der Waals surface area (Å²) < 4.78 is 4.48. The fourth-order valence-corrected chi connectivity index (χ4v) is 3.51. The summed E-state index contributed by atoms with van der Waals surface area (Å²) in [5, 5.41) is 12.8. The molecule has 0 radical (unpaired) electrons.